The van der Waals surface area contributed by atoms with Crippen molar-refractivity contribution < 1.29 is 23.5 Å². The van der Waals surface area contributed by atoms with Crippen LogP contribution in [0.25, 0.3) is 21.7 Å². The number of piperidine rings is 2. The smallest absolute Gasteiger partial charge is 0.234 e. The van der Waals surface area contributed by atoms with Gasteiger partial charge in [0.15, 0.2) is 0 Å². The topological polar surface area (TPSA) is 88.8 Å². The molecule has 2 aliphatic rings. The zero-order chi connectivity index (χ0) is 23.7. The van der Waals surface area contributed by atoms with Crippen molar-refractivity contribution in [2.75, 3.05) is 19.7 Å². The summed E-state index contributed by atoms with van der Waals surface area (Å²) in [6.45, 7) is 4.04. The minimum atomic E-state index is -0.377. The van der Waals surface area contributed by atoms with E-state index in [0.717, 1.165) is 71.8 Å². The van der Waals surface area contributed by atoms with Crippen molar-refractivity contribution in [2.45, 2.75) is 51.4 Å². The van der Waals surface area contributed by atoms with Crippen molar-refractivity contribution in [2.24, 2.45) is 5.92 Å². The number of ether oxygens (including phenoxy) is 1. The molecule has 2 saturated heterocycles. The maximum atomic E-state index is 12.4. The molecule has 1 atom stereocenters. The second-order valence-electron chi connectivity index (χ2n) is 9.49. The molecule has 3 amide bonds. The van der Waals surface area contributed by atoms with E-state index >= 15 is 0 Å². The van der Waals surface area contributed by atoms with E-state index < -0.39 is 0 Å². The van der Waals surface area contributed by atoms with Crippen LogP contribution in [0.15, 0.2) is 41.0 Å². The summed E-state index contributed by atoms with van der Waals surface area (Å²) in [5, 5.41) is 5.40. The number of carbonyl (C=O) groups is 3. The van der Waals surface area contributed by atoms with Gasteiger partial charge in [-0.2, -0.15) is 0 Å². The number of carbonyl (C=O) groups excluding carboxylic acids is 3. The van der Waals surface area contributed by atoms with Crippen molar-refractivity contribution in [3.63, 3.8) is 0 Å². The number of furan rings is 1. The molecule has 178 valence electrons. The van der Waals surface area contributed by atoms with Gasteiger partial charge in [0.1, 0.15) is 11.3 Å². The second kappa shape index (κ2) is 9.49. The van der Waals surface area contributed by atoms with Gasteiger partial charge in [-0.15, -0.1) is 0 Å². The van der Waals surface area contributed by atoms with Gasteiger partial charge in [0.25, 0.3) is 0 Å². The van der Waals surface area contributed by atoms with Crippen LogP contribution in [-0.2, 0) is 14.4 Å². The normalized spacial score (nSPS) is 19.6. The van der Waals surface area contributed by atoms with Gasteiger partial charge >= 0.3 is 0 Å². The first-order chi connectivity index (χ1) is 16.5. The molecule has 0 saturated carbocycles. The van der Waals surface area contributed by atoms with Crippen LogP contribution in [0.2, 0.25) is 0 Å². The van der Waals surface area contributed by atoms with Crippen molar-refractivity contribution in [3.05, 3.63) is 42.2 Å². The molecule has 1 unspecified atom stereocenters. The molecule has 2 aliphatic heterocycles. The van der Waals surface area contributed by atoms with Crippen molar-refractivity contribution >= 4 is 39.5 Å². The first-order valence-electron chi connectivity index (χ1n) is 12.1. The Morgan fingerprint density at radius 3 is 2.71 bits per heavy atom. The lowest BCUT2D eigenvalue weighted by Gasteiger charge is -2.31. The number of fused-ring (bicyclic) bond motifs is 2. The summed E-state index contributed by atoms with van der Waals surface area (Å²) in [4.78, 5) is 37.3. The van der Waals surface area contributed by atoms with Gasteiger partial charge in [-0.05, 0) is 73.1 Å². The molecule has 3 heterocycles. The Hall–Kier alpha value is -3.35. The van der Waals surface area contributed by atoms with Crippen LogP contribution < -0.4 is 10.1 Å². The minimum Gasteiger partial charge on any atom is -0.494 e. The van der Waals surface area contributed by atoms with Crippen molar-refractivity contribution in [1.82, 2.24) is 10.2 Å². The molecule has 2 fully saturated rings. The highest BCUT2D eigenvalue weighted by Crippen LogP contribution is 2.35. The zero-order valence-electron chi connectivity index (χ0n) is 19.5. The average Bonchev–Trinajstić information content (AvgIpc) is 3.23. The lowest BCUT2D eigenvalue weighted by atomic mass is 9.90. The van der Waals surface area contributed by atoms with Crippen LogP contribution in [0.3, 0.4) is 0 Å². The Morgan fingerprint density at radius 1 is 1.12 bits per heavy atom. The van der Waals surface area contributed by atoms with Gasteiger partial charge in [0.05, 0.1) is 18.8 Å². The van der Waals surface area contributed by atoms with E-state index in [-0.39, 0.29) is 23.6 Å². The molecule has 34 heavy (non-hydrogen) atoms. The standard InChI is InChI=1S/C27H30N2O5/c1-17(30)29-10-8-18(9-11-29)3-2-12-33-21-5-4-19-15-25-23(14-20(19)13-21)24(16-34-25)22-6-7-26(31)28-27(22)32/h4-5,13-16,18,22H,2-3,6-12H2,1H3,(H,28,31,32). The Bertz CT molecular complexity index is 1240. The molecule has 0 aliphatic carbocycles. The molecular formula is C27H30N2O5. The number of benzene rings is 2. The van der Waals surface area contributed by atoms with E-state index in [1.54, 1.807) is 13.2 Å². The summed E-state index contributed by atoms with van der Waals surface area (Å²) in [5.41, 5.74) is 1.56. The first-order valence-corrected chi connectivity index (χ1v) is 12.1. The Kier molecular flexibility index (Phi) is 6.26. The van der Waals surface area contributed by atoms with E-state index in [2.05, 4.69) is 5.32 Å². The van der Waals surface area contributed by atoms with Gasteiger partial charge < -0.3 is 14.1 Å². The van der Waals surface area contributed by atoms with Crippen LogP contribution in [0, 0.1) is 5.92 Å². The fraction of sp³-hybridized carbons (Fsp3) is 0.444. The van der Waals surface area contributed by atoms with E-state index in [1.807, 2.05) is 35.2 Å². The number of hydrogen-bond donors (Lipinski definition) is 1. The molecule has 1 aromatic heterocycles. The van der Waals surface area contributed by atoms with E-state index in [0.29, 0.717) is 25.4 Å². The van der Waals surface area contributed by atoms with Gasteiger partial charge in [-0.25, -0.2) is 0 Å². The predicted octanol–water partition coefficient (Wildman–Crippen LogP) is 4.52. The fourth-order valence-corrected chi connectivity index (χ4v) is 5.22. The molecule has 0 bridgehead atoms. The molecule has 3 aromatic rings. The van der Waals surface area contributed by atoms with Gasteiger partial charge in [0, 0.05) is 37.4 Å². The molecule has 0 spiro atoms. The third-order valence-corrected chi connectivity index (χ3v) is 7.23. The predicted molar refractivity (Wildman–Crippen MR) is 129 cm³/mol. The number of hydrogen-bond acceptors (Lipinski definition) is 5. The lowest BCUT2D eigenvalue weighted by molar-refractivity contribution is -0.134. The summed E-state index contributed by atoms with van der Waals surface area (Å²) in [6, 6.07) is 10.1. The van der Waals surface area contributed by atoms with Crippen LogP contribution in [0.1, 0.15) is 56.9 Å². The third-order valence-electron chi connectivity index (χ3n) is 7.23. The van der Waals surface area contributed by atoms with E-state index in [1.165, 1.54) is 0 Å². The molecule has 7 nitrogen and oxygen atoms in total. The van der Waals surface area contributed by atoms with Crippen molar-refractivity contribution in [3.8, 4) is 5.75 Å². The number of likely N-dealkylation sites (tertiary alicyclic amines) is 1. The number of imide groups is 1. The third kappa shape index (κ3) is 4.65. The zero-order valence-corrected chi connectivity index (χ0v) is 19.5. The SMILES string of the molecule is CC(=O)N1CCC(CCCOc2ccc3cc4occ(C5CCC(=O)NC5=O)c4cc3c2)CC1. The summed E-state index contributed by atoms with van der Waals surface area (Å²) in [6.07, 6.45) is 6.73. The lowest BCUT2D eigenvalue weighted by Crippen LogP contribution is -2.39. The number of amides is 3. The summed E-state index contributed by atoms with van der Waals surface area (Å²) in [7, 11) is 0. The van der Waals surface area contributed by atoms with E-state index in [4.69, 9.17) is 9.15 Å². The second-order valence-corrected chi connectivity index (χ2v) is 9.49. The van der Waals surface area contributed by atoms with Crippen molar-refractivity contribution in [1.29, 1.82) is 0 Å². The van der Waals surface area contributed by atoms with E-state index in [9.17, 15) is 14.4 Å². The monoisotopic (exact) mass is 462 g/mol. The highest BCUT2D eigenvalue weighted by atomic mass is 16.5. The van der Waals surface area contributed by atoms with Gasteiger partial charge in [-0.3, -0.25) is 19.7 Å². The average molecular weight is 463 g/mol. The summed E-state index contributed by atoms with van der Waals surface area (Å²) in [5.74, 6) is 0.805. The van der Waals surface area contributed by atoms with Crippen LogP contribution in [0.4, 0.5) is 0 Å². The summed E-state index contributed by atoms with van der Waals surface area (Å²) < 4.78 is 11.8. The highest BCUT2D eigenvalue weighted by Gasteiger charge is 2.30. The highest BCUT2D eigenvalue weighted by molar-refractivity contribution is 6.04. The quantitative estimate of drug-likeness (QED) is 0.430. The molecule has 7 heteroatoms. The number of nitrogens with one attached hydrogen (secondary N) is 1. The molecule has 1 N–H and O–H groups in total. The first kappa shape index (κ1) is 22.4. The molecular weight excluding hydrogens is 432 g/mol. The molecule has 2 aromatic carbocycles. The fourth-order valence-electron chi connectivity index (χ4n) is 5.22. The Labute approximate surface area is 198 Å². The maximum absolute atomic E-state index is 12.4. The molecule has 5 rings (SSSR count). The molecule has 0 radical (unpaired) electrons. The Morgan fingerprint density at radius 2 is 1.94 bits per heavy atom. The van der Waals surface area contributed by atoms with Crippen LogP contribution in [-0.4, -0.2) is 42.3 Å². The Balaban J connectivity index is 1.23. The largest absolute Gasteiger partial charge is 0.494 e. The number of rotatable bonds is 6. The summed E-state index contributed by atoms with van der Waals surface area (Å²) >= 11 is 0. The van der Waals surface area contributed by atoms with Gasteiger partial charge in [0.2, 0.25) is 17.7 Å². The van der Waals surface area contributed by atoms with Crippen LogP contribution >= 0.6 is 0 Å². The minimum absolute atomic E-state index is 0.176. The number of nitrogens with zero attached hydrogens (tertiary/aromatic N) is 1. The van der Waals surface area contributed by atoms with Crippen LogP contribution in [0.5, 0.6) is 5.75 Å². The maximum Gasteiger partial charge on any atom is 0.234 e. The van der Waals surface area contributed by atoms with Gasteiger partial charge in [-0.1, -0.05) is 6.07 Å².